The lowest BCUT2D eigenvalue weighted by Crippen LogP contribution is -1.90. The summed E-state index contributed by atoms with van der Waals surface area (Å²) in [7, 11) is 0. The summed E-state index contributed by atoms with van der Waals surface area (Å²) in [5.74, 6) is -0.285. The topological polar surface area (TPSA) is 52.0 Å². The van der Waals surface area contributed by atoms with Gasteiger partial charge in [0.1, 0.15) is 11.3 Å². The van der Waals surface area contributed by atoms with Crippen LogP contribution in [0.2, 0.25) is 10.0 Å². The predicted octanol–water partition coefficient (Wildman–Crippen LogP) is 4.52. The monoisotopic (exact) mass is 296 g/mol. The number of oxazole rings is 1. The van der Waals surface area contributed by atoms with Crippen LogP contribution in [-0.2, 0) is 0 Å². The number of rotatable bonds is 1. The first-order chi connectivity index (χ1) is 9.06. The molecule has 0 amide bonds. The molecule has 1 heterocycles. The number of nitrogens with zero attached hydrogens (tertiary/aromatic N) is 1. The molecular formula is C13H7Cl2FN2O. The molecule has 3 rings (SSSR count). The largest absolute Gasteiger partial charge is 0.436 e. The van der Waals surface area contributed by atoms with Crippen LogP contribution in [-0.4, -0.2) is 4.98 Å². The number of para-hydroxylation sites is 1. The van der Waals surface area contributed by atoms with Gasteiger partial charge >= 0.3 is 0 Å². The van der Waals surface area contributed by atoms with Gasteiger partial charge in [0.2, 0.25) is 5.89 Å². The van der Waals surface area contributed by atoms with E-state index in [4.69, 9.17) is 33.4 Å². The van der Waals surface area contributed by atoms with E-state index >= 15 is 0 Å². The Kier molecular flexibility index (Phi) is 2.84. The lowest BCUT2D eigenvalue weighted by Gasteiger charge is -2.02. The molecule has 0 atom stereocenters. The second-order valence-corrected chi connectivity index (χ2v) is 4.77. The Labute approximate surface area is 117 Å². The Morgan fingerprint density at radius 1 is 1.16 bits per heavy atom. The summed E-state index contributed by atoms with van der Waals surface area (Å²) < 4.78 is 18.8. The fourth-order valence-electron chi connectivity index (χ4n) is 1.76. The first-order valence-electron chi connectivity index (χ1n) is 5.36. The number of anilines is 1. The highest BCUT2D eigenvalue weighted by Gasteiger charge is 2.14. The average Bonchev–Trinajstić information content (AvgIpc) is 2.76. The van der Waals surface area contributed by atoms with Crippen LogP contribution >= 0.6 is 23.2 Å². The van der Waals surface area contributed by atoms with Gasteiger partial charge in [0.05, 0.1) is 21.3 Å². The van der Waals surface area contributed by atoms with E-state index in [2.05, 4.69) is 4.98 Å². The van der Waals surface area contributed by atoms with Gasteiger partial charge in [-0.3, -0.25) is 0 Å². The Bertz CT molecular complexity index is 747. The van der Waals surface area contributed by atoms with Crippen molar-refractivity contribution in [2.24, 2.45) is 0 Å². The maximum Gasteiger partial charge on any atom is 0.229 e. The second-order valence-electron chi connectivity index (χ2n) is 3.95. The lowest BCUT2D eigenvalue weighted by molar-refractivity contribution is 0.603. The minimum Gasteiger partial charge on any atom is -0.436 e. The highest BCUT2D eigenvalue weighted by atomic mass is 35.5. The number of benzene rings is 2. The van der Waals surface area contributed by atoms with E-state index in [0.29, 0.717) is 27.4 Å². The Morgan fingerprint density at radius 3 is 2.74 bits per heavy atom. The molecule has 0 aliphatic carbocycles. The molecule has 6 heteroatoms. The number of halogens is 3. The third kappa shape index (κ3) is 2.03. The number of fused-ring (bicyclic) bond motifs is 1. The van der Waals surface area contributed by atoms with Crippen molar-refractivity contribution in [2.75, 3.05) is 5.73 Å². The Morgan fingerprint density at radius 2 is 1.95 bits per heavy atom. The zero-order valence-corrected chi connectivity index (χ0v) is 11.0. The number of aromatic nitrogens is 1. The SMILES string of the molecule is Nc1c(Cl)cccc1-c1nc2cc(Cl)c(F)cc2o1. The zero-order chi connectivity index (χ0) is 13.6. The van der Waals surface area contributed by atoms with E-state index in [1.54, 1.807) is 18.2 Å². The molecule has 96 valence electrons. The Hall–Kier alpha value is -1.78. The second kappa shape index (κ2) is 4.40. The first-order valence-corrected chi connectivity index (χ1v) is 6.12. The summed E-state index contributed by atoms with van der Waals surface area (Å²) in [5, 5.41) is 0.399. The van der Waals surface area contributed by atoms with Crippen LogP contribution < -0.4 is 5.73 Å². The molecule has 2 aromatic carbocycles. The van der Waals surface area contributed by atoms with E-state index in [9.17, 15) is 4.39 Å². The van der Waals surface area contributed by atoms with Gasteiger partial charge in [-0.1, -0.05) is 29.3 Å². The number of hydrogen-bond donors (Lipinski definition) is 1. The molecule has 0 spiro atoms. The molecule has 0 saturated heterocycles. The maximum absolute atomic E-state index is 13.3. The van der Waals surface area contributed by atoms with Crippen molar-refractivity contribution in [3.8, 4) is 11.5 Å². The van der Waals surface area contributed by atoms with Crippen LogP contribution in [0.15, 0.2) is 34.7 Å². The van der Waals surface area contributed by atoms with Gasteiger partial charge in [0.15, 0.2) is 5.58 Å². The van der Waals surface area contributed by atoms with Gasteiger partial charge in [-0.15, -0.1) is 0 Å². The van der Waals surface area contributed by atoms with Crippen LogP contribution in [0.4, 0.5) is 10.1 Å². The van der Waals surface area contributed by atoms with Gasteiger partial charge in [-0.25, -0.2) is 9.37 Å². The quantitative estimate of drug-likeness (QED) is 0.672. The van der Waals surface area contributed by atoms with Gasteiger partial charge in [0, 0.05) is 6.07 Å². The van der Waals surface area contributed by atoms with E-state index in [-0.39, 0.29) is 10.9 Å². The molecule has 0 radical (unpaired) electrons. The van der Waals surface area contributed by atoms with Crippen molar-refractivity contribution < 1.29 is 8.81 Å². The van der Waals surface area contributed by atoms with Crippen LogP contribution in [0.3, 0.4) is 0 Å². The van der Waals surface area contributed by atoms with Crippen LogP contribution in [0.1, 0.15) is 0 Å². The number of nitrogens with two attached hydrogens (primary N) is 1. The summed E-state index contributed by atoms with van der Waals surface area (Å²) >= 11 is 11.6. The summed E-state index contributed by atoms with van der Waals surface area (Å²) in [6.45, 7) is 0. The fraction of sp³-hybridized carbons (Fsp3) is 0. The van der Waals surface area contributed by atoms with E-state index in [1.165, 1.54) is 12.1 Å². The molecule has 3 aromatic rings. The smallest absolute Gasteiger partial charge is 0.229 e. The highest BCUT2D eigenvalue weighted by molar-refractivity contribution is 6.33. The molecular weight excluding hydrogens is 290 g/mol. The summed E-state index contributed by atoms with van der Waals surface area (Å²) in [6.07, 6.45) is 0. The minimum absolute atomic E-state index is 0.00795. The van der Waals surface area contributed by atoms with Crippen LogP contribution in [0, 0.1) is 5.82 Å². The average molecular weight is 297 g/mol. The zero-order valence-electron chi connectivity index (χ0n) is 9.45. The van der Waals surface area contributed by atoms with E-state index in [0.717, 1.165) is 0 Å². The molecule has 0 unspecified atom stereocenters. The van der Waals surface area contributed by atoms with Crippen molar-refractivity contribution in [1.29, 1.82) is 0 Å². The highest BCUT2D eigenvalue weighted by Crippen LogP contribution is 2.33. The third-order valence-electron chi connectivity index (χ3n) is 2.71. The molecule has 3 nitrogen and oxygen atoms in total. The molecule has 0 saturated carbocycles. The van der Waals surface area contributed by atoms with Crippen molar-refractivity contribution in [3.05, 3.63) is 46.2 Å². The molecule has 0 aliphatic rings. The molecule has 0 bridgehead atoms. The van der Waals surface area contributed by atoms with Crippen molar-refractivity contribution in [2.45, 2.75) is 0 Å². The lowest BCUT2D eigenvalue weighted by atomic mass is 10.2. The summed E-state index contributed by atoms with van der Waals surface area (Å²) in [5.41, 5.74) is 7.54. The van der Waals surface area contributed by atoms with E-state index < -0.39 is 5.82 Å². The van der Waals surface area contributed by atoms with Gasteiger partial charge in [-0.2, -0.15) is 0 Å². The standard InChI is InChI=1S/C13H7Cl2FN2O/c14-7-3-1-2-6(12(7)17)13-18-10-4-8(15)9(16)5-11(10)19-13/h1-5H,17H2. The molecule has 0 fully saturated rings. The van der Waals surface area contributed by atoms with Crippen molar-refractivity contribution in [3.63, 3.8) is 0 Å². The fourth-order valence-corrected chi connectivity index (χ4v) is 2.09. The van der Waals surface area contributed by atoms with Crippen molar-refractivity contribution in [1.82, 2.24) is 4.98 Å². The van der Waals surface area contributed by atoms with Gasteiger partial charge in [-0.05, 0) is 18.2 Å². The van der Waals surface area contributed by atoms with E-state index in [1.807, 2.05) is 0 Å². The van der Waals surface area contributed by atoms with Crippen LogP contribution in [0.5, 0.6) is 0 Å². The summed E-state index contributed by atoms with van der Waals surface area (Å²) in [4.78, 5) is 4.23. The molecule has 2 N–H and O–H groups in total. The summed E-state index contributed by atoms with van der Waals surface area (Å²) in [6, 6.07) is 7.72. The minimum atomic E-state index is -0.559. The first kappa shape index (κ1) is 12.3. The Balaban J connectivity index is 2.23. The molecule has 0 aliphatic heterocycles. The van der Waals surface area contributed by atoms with Gasteiger partial charge < -0.3 is 10.2 Å². The molecule has 19 heavy (non-hydrogen) atoms. The van der Waals surface area contributed by atoms with Crippen molar-refractivity contribution >= 4 is 40.0 Å². The van der Waals surface area contributed by atoms with Crippen LogP contribution in [0.25, 0.3) is 22.6 Å². The normalized spacial score (nSPS) is 11.1. The number of hydrogen-bond acceptors (Lipinski definition) is 3. The maximum atomic E-state index is 13.3. The van der Waals surface area contributed by atoms with Gasteiger partial charge in [0.25, 0.3) is 0 Å². The third-order valence-corrected chi connectivity index (χ3v) is 3.33. The number of nitrogen functional groups attached to an aromatic ring is 1. The molecule has 1 aromatic heterocycles. The predicted molar refractivity (Wildman–Crippen MR) is 73.8 cm³/mol.